The molecular formula is C15H13ClF3N3O4. The molecule has 1 unspecified atom stereocenters. The molecule has 2 rings (SSSR count). The number of hydrogen-bond donors (Lipinski definition) is 1. The van der Waals surface area contributed by atoms with Gasteiger partial charge in [-0.05, 0) is 18.2 Å². The van der Waals surface area contributed by atoms with E-state index in [0.29, 0.717) is 5.69 Å². The monoisotopic (exact) mass is 391 g/mol. The van der Waals surface area contributed by atoms with Crippen molar-refractivity contribution < 1.29 is 27.6 Å². The maximum Gasteiger partial charge on any atom is 0.423 e. The summed E-state index contributed by atoms with van der Waals surface area (Å²) in [5.74, 6) is -0.707. The average Bonchev–Trinajstić information content (AvgIpc) is 2.54. The van der Waals surface area contributed by atoms with Crippen LogP contribution in [-0.4, -0.2) is 29.9 Å². The van der Waals surface area contributed by atoms with Gasteiger partial charge in [0.1, 0.15) is 12.2 Å². The molecule has 1 atom stereocenters. The van der Waals surface area contributed by atoms with Gasteiger partial charge >= 0.3 is 6.18 Å². The second kappa shape index (κ2) is 8.19. The number of methoxy groups -OCH3 is 1. The standard InChI is InChI=1S/C15H13ClF3N3O4/c1-25-8-12(21-9-2-4-10(5-3-9)22(23)24)26-14-13(15(17,18)19)11(16)6-7-20-14/h2-7,12,21H,8H2,1H3. The topological polar surface area (TPSA) is 86.5 Å². The van der Waals surface area contributed by atoms with Crippen LogP contribution < -0.4 is 10.1 Å². The first-order chi connectivity index (χ1) is 12.2. The highest BCUT2D eigenvalue weighted by Gasteiger charge is 2.38. The second-order valence-electron chi connectivity index (χ2n) is 4.98. The Morgan fingerprint density at radius 3 is 2.50 bits per heavy atom. The molecule has 0 radical (unpaired) electrons. The Morgan fingerprint density at radius 2 is 1.96 bits per heavy atom. The molecule has 1 N–H and O–H groups in total. The lowest BCUT2D eigenvalue weighted by Gasteiger charge is -2.22. The molecule has 140 valence electrons. The van der Waals surface area contributed by atoms with Crippen molar-refractivity contribution >= 4 is 23.0 Å². The summed E-state index contributed by atoms with van der Waals surface area (Å²) in [6.07, 6.45) is -4.72. The van der Waals surface area contributed by atoms with Gasteiger partial charge in [-0.2, -0.15) is 13.2 Å². The number of ether oxygens (including phenoxy) is 2. The van der Waals surface area contributed by atoms with Crippen molar-refractivity contribution in [1.82, 2.24) is 4.98 Å². The number of alkyl halides is 3. The number of benzene rings is 1. The van der Waals surface area contributed by atoms with E-state index >= 15 is 0 Å². The lowest BCUT2D eigenvalue weighted by Crippen LogP contribution is -2.32. The number of hydrogen-bond acceptors (Lipinski definition) is 6. The minimum absolute atomic E-state index is 0.123. The van der Waals surface area contributed by atoms with Crippen LogP contribution in [0.3, 0.4) is 0 Å². The molecule has 1 heterocycles. The molecule has 1 aromatic carbocycles. The van der Waals surface area contributed by atoms with Crippen LogP contribution in [0.4, 0.5) is 24.5 Å². The van der Waals surface area contributed by atoms with Crippen LogP contribution in [-0.2, 0) is 10.9 Å². The Kier molecular flexibility index (Phi) is 6.22. The number of rotatable bonds is 7. The van der Waals surface area contributed by atoms with Crippen molar-refractivity contribution in [3.05, 3.63) is 57.2 Å². The molecule has 11 heteroatoms. The summed E-state index contributed by atoms with van der Waals surface area (Å²) in [6.45, 7) is -0.123. The van der Waals surface area contributed by atoms with E-state index in [4.69, 9.17) is 21.1 Å². The summed E-state index contributed by atoms with van der Waals surface area (Å²) in [5.41, 5.74) is -0.947. The molecule has 0 aliphatic carbocycles. The Bertz CT molecular complexity index is 772. The molecule has 26 heavy (non-hydrogen) atoms. The Labute approximate surface area is 150 Å². The van der Waals surface area contributed by atoms with Crippen molar-refractivity contribution in [3.8, 4) is 5.88 Å². The first-order valence-corrected chi connectivity index (χ1v) is 7.48. The van der Waals surface area contributed by atoms with E-state index in [1.54, 1.807) is 0 Å². The van der Waals surface area contributed by atoms with Gasteiger partial charge < -0.3 is 14.8 Å². The molecule has 0 bridgehead atoms. The van der Waals surface area contributed by atoms with Gasteiger partial charge in [-0.1, -0.05) is 11.6 Å². The highest BCUT2D eigenvalue weighted by Crippen LogP contribution is 2.40. The van der Waals surface area contributed by atoms with Crippen LogP contribution in [0.25, 0.3) is 0 Å². The third kappa shape index (κ3) is 4.96. The largest absolute Gasteiger partial charge is 0.451 e. The van der Waals surface area contributed by atoms with Gasteiger partial charge in [0, 0.05) is 31.1 Å². The number of nitrogens with zero attached hydrogens (tertiary/aromatic N) is 2. The van der Waals surface area contributed by atoms with E-state index in [0.717, 1.165) is 12.3 Å². The first-order valence-electron chi connectivity index (χ1n) is 7.10. The fourth-order valence-electron chi connectivity index (χ4n) is 2.02. The molecule has 0 amide bonds. The molecule has 2 aromatic rings. The molecule has 0 aliphatic heterocycles. The van der Waals surface area contributed by atoms with Crippen LogP contribution in [0.1, 0.15) is 5.56 Å². The Morgan fingerprint density at radius 1 is 1.31 bits per heavy atom. The highest BCUT2D eigenvalue weighted by atomic mass is 35.5. The summed E-state index contributed by atoms with van der Waals surface area (Å²) < 4.78 is 49.7. The summed E-state index contributed by atoms with van der Waals surface area (Å²) >= 11 is 5.63. The molecule has 1 aromatic heterocycles. The van der Waals surface area contributed by atoms with Crippen molar-refractivity contribution in [2.45, 2.75) is 12.4 Å². The van der Waals surface area contributed by atoms with Gasteiger partial charge in [0.2, 0.25) is 5.88 Å². The van der Waals surface area contributed by atoms with Crippen LogP contribution in [0.5, 0.6) is 5.88 Å². The van der Waals surface area contributed by atoms with Crippen molar-refractivity contribution in [1.29, 1.82) is 0 Å². The predicted molar refractivity (Wildman–Crippen MR) is 87.3 cm³/mol. The number of nitro benzene ring substituents is 1. The molecule has 0 aliphatic rings. The number of pyridine rings is 1. The minimum Gasteiger partial charge on any atom is -0.451 e. The Balaban J connectivity index is 2.24. The predicted octanol–water partition coefficient (Wildman–Crippen LogP) is 4.13. The van der Waals surface area contributed by atoms with E-state index in [9.17, 15) is 23.3 Å². The normalized spacial score (nSPS) is 12.5. The lowest BCUT2D eigenvalue weighted by atomic mass is 10.2. The van der Waals surface area contributed by atoms with Gasteiger partial charge in [-0.15, -0.1) is 0 Å². The molecular weight excluding hydrogens is 379 g/mol. The molecule has 0 saturated heterocycles. The molecule has 0 fully saturated rings. The van der Waals surface area contributed by atoms with Crippen LogP contribution >= 0.6 is 11.6 Å². The molecule has 0 spiro atoms. The maximum absolute atomic E-state index is 13.2. The van der Waals surface area contributed by atoms with Gasteiger partial charge in [-0.3, -0.25) is 10.1 Å². The second-order valence-corrected chi connectivity index (χ2v) is 5.39. The summed E-state index contributed by atoms with van der Waals surface area (Å²) in [5, 5.41) is 12.9. The molecule has 0 saturated carbocycles. The molecule has 7 nitrogen and oxygen atoms in total. The van der Waals surface area contributed by atoms with Crippen molar-refractivity contribution in [2.24, 2.45) is 0 Å². The van der Waals surface area contributed by atoms with Crippen LogP contribution in [0.2, 0.25) is 5.02 Å². The zero-order chi connectivity index (χ0) is 19.3. The smallest absolute Gasteiger partial charge is 0.423 e. The SMILES string of the molecule is COCC(Nc1ccc([N+](=O)[O-])cc1)Oc1nccc(Cl)c1C(F)(F)F. The zero-order valence-electron chi connectivity index (χ0n) is 13.3. The van der Waals surface area contributed by atoms with Gasteiger partial charge in [-0.25, -0.2) is 4.98 Å². The first kappa shape index (κ1) is 19.7. The number of non-ortho nitro benzene ring substituents is 1. The fraction of sp³-hybridized carbons (Fsp3) is 0.267. The maximum atomic E-state index is 13.2. The number of halogens is 4. The number of nitro groups is 1. The number of anilines is 1. The number of aromatic nitrogens is 1. The zero-order valence-corrected chi connectivity index (χ0v) is 14.0. The van der Waals surface area contributed by atoms with Crippen molar-refractivity contribution in [2.75, 3.05) is 19.0 Å². The quantitative estimate of drug-likeness (QED) is 0.434. The van der Waals surface area contributed by atoms with E-state index < -0.39 is 33.8 Å². The van der Waals surface area contributed by atoms with Crippen LogP contribution in [0, 0.1) is 10.1 Å². The highest BCUT2D eigenvalue weighted by molar-refractivity contribution is 6.31. The van der Waals surface area contributed by atoms with Crippen molar-refractivity contribution in [3.63, 3.8) is 0 Å². The minimum atomic E-state index is -4.76. The van der Waals surface area contributed by atoms with Gasteiger partial charge in [0.25, 0.3) is 5.69 Å². The fourth-order valence-corrected chi connectivity index (χ4v) is 2.27. The third-order valence-corrected chi connectivity index (χ3v) is 3.44. The van der Waals surface area contributed by atoms with Crippen LogP contribution in [0.15, 0.2) is 36.5 Å². The lowest BCUT2D eigenvalue weighted by molar-refractivity contribution is -0.384. The van der Waals surface area contributed by atoms with E-state index in [-0.39, 0.29) is 12.3 Å². The number of nitrogens with one attached hydrogen (secondary N) is 1. The van der Waals surface area contributed by atoms with Gasteiger partial charge in [0.15, 0.2) is 6.23 Å². The average molecular weight is 392 g/mol. The van der Waals surface area contributed by atoms with E-state index in [2.05, 4.69) is 10.3 Å². The van der Waals surface area contributed by atoms with E-state index in [1.165, 1.54) is 31.4 Å². The Hall–Kier alpha value is -2.59. The summed E-state index contributed by atoms with van der Waals surface area (Å²) in [4.78, 5) is 13.7. The summed E-state index contributed by atoms with van der Waals surface area (Å²) in [7, 11) is 1.34. The summed E-state index contributed by atoms with van der Waals surface area (Å²) in [6, 6.07) is 6.27. The third-order valence-electron chi connectivity index (χ3n) is 3.13. The van der Waals surface area contributed by atoms with E-state index in [1.807, 2.05) is 0 Å². The van der Waals surface area contributed by atoms with Gasteiger partial charge in [0.05, 0.1) is 9.95 Å².